The van der Waals surface area contributed by atoms with Crippen molar-refractivity contribution < 1.29 is 37.8 Å². The van der Waals surface area contributed by atoms with E-state index >= 15 is 0 Å². The summed E-state index contributed by atoms with van der Waals surface area (Å²) in [5, 5.41) is 19.7. The summed E-state index contributed by atoms with van der Waals surface area (Å²) in [6.07, 6.45) is -2.08. The van der Waals surface area contributed by atoms with E-state index in [0.717, 1.165) is 17.4 Å². The van der Waals surface area contributed by atoms with Crippen LogP contribution in [0.1, 0.15) is 38.3 Å². The molecule has 3 aromatic carbocycles. The minimum atomic E-state index is -5.08. The first kappa shape index (κ1) is 29.4. The topological polar surface area (TPSA) is 107 Å². The van der Waals surface area contributed by atoms with Gasteiger partial charge in [0, 0.05) is 28.8 Å². The molecule has 11 heteroatoms. The number of rotatable bonds is 5. The Hall–Kier alpha value is -4.12. The van der Waals surface area contributed by atoms with Crippen molar-refractivity contribution in [3.8, 4) is 0 Å². The maximum absolute atomic E-state index is 12.5. The molecule has 0 atom stereocenters. The van der Waals surface area contributed by atoms with E-state index in [1.165, 1.54) is 22.8 Å². The number of nitrogens with zero attached hydrogens (tertiary/aromatic N) is 1. The van der Waals surface area contributed by atoms with Crippen molar-refractivity contribution in [2.75, 3.05) is 23.3 Å². The Labute approximate surface area is 230 Å². The van der Waals surface area contributed by atoms with E-state index in [-0.39, 0.29) is 11.5 Å². The Morgan fingerprint density at radius 1 is 0.974 bits per heavy atom. The molecular weight excluding hydrogens is 581 g/mol. The average Bonchev–Trinajstić information content (AvgIpc) is 2.89. The summed E-state index contributed by atoms with van der Waals surface area (Å²) < 4.78 is 32.6. The summed E-state index contributed by atoms with van der Waals surface area (Å²) in [7, 11) is 0. The van der Waals surface area contributed by atoms with Crippen LogP contribution in [0, 0.1) is 6.92 Å². The van der Waals surface area contributed by atoms with Crippen molar-refractivity contribution in [2.24, 2.45) is 0 Å². The summed E-state index contributed by atoms with van der Waals surface area (Å²) in [6, 6.07) is 20.3. The first-order valence-corrected chi connectivity index (χ1v) is 12.4. The van der Waals surface area contributed by atoms with Gasteiger partial charge in [0.15, 0.2) is 0 Å². The van der Waals surface area contributed by atoms with E-state index in [1.807, 2.05) is 12.1 Å². The first-order valence-electron chi connectivity index (χ1n) is 11.6. The number of carboxylic acid groups (broad SMARTS) is 2. The van der Waals surface area contributed by atoms with Crippen molar-refractivity contribution in [2.45, 2.75) is 19.5 Å². The number of hydrogen-bond donors (Lipinski definition) is 3. The second-order valence-electron chi connectivity index (χ2n) is 8.54. The smallest absolute Gasteiger partial charge is 0.478 e. The molecule has 4 rings (SSSR count). The largest absolute Gasteiger partial charge is 0.490 e. The van der Waals surface area contributed by atoms with Crippen molar-refractivity contribution >= 4 is 50.7 Å². The molecule has 7 nitrogen and oxygen atoms in total. The monoisotopic (exact) mass is 604 g/mol. The number of nitrogens with one attached hydrogen (secondary N) is 1. The summed E-state index contributed by atoms with van der Waals surface area (Å²) >= 11 is 3.35. The molecule has 1 aliphatic heterocycles. The normalized spacial score (nSPS) is 13.1. The number of carbonyl (C=O) groups excluding carboxylic acids is 1. The molecule has 3 aromatic rings. The van der Waals surface area contributed by atoms with Gasteiger partial charge >= 0.3 is 18.1 Å². The Bertz CT molecular complexity index is 1410. The third-order valence-corrected chi connectivity index (χ3v) is 6.40. The highest BCUT2D eigenvalue weighted by Gasteiger charge is 2.38. The van der Waals surface area contributed by atoms with Gasteiger partial charge in [-0.1, -0.05) is 46.3 Å². The number of carbonyl (C=O) groups is 3. The lowest BCUT2D eigenvalue weighted by molar-refractivity contribution is -0.192. The minimum absolute atomic E-state index is 0.173. The quantitative estimate of drug-likeness (QED) is 0.301. The van der Waals surface area contributed by atoms with Crippen LogP contribution in [0.15, 0.2) is 77.3 Å². The van der Waals surface area contributed by atoms with Crippen LogP contribution in [0.5, 0.6) is 0 Å². The molecule has 1 heterocycles. The molecule has 39 heavy (non-hydrogen) atoms. The number of hydrogen-bond acceptors (Lipinski definition) is 4. The summed E-state index contributed by atoms with van der Waals surface area (Å²) in [5.41, 5.74) is 5.55. The van der Waals surface area contributed by atoms with Crippen LogP contribution in [0.25, 0.3) is 5.57 Å². The average molecular weight is 605 g/mol. The van der Waals surface area contributed by atoms with E-state index in [2.05, 4.69) is 51.3 Å². The molecule has 0 saturated heterocycles. The van der Waals surface area contributed by atoms with Gasteiger partial charge in [-0.05, 0) is 72.5 Å². The molecule has 0 fully saturated rings. The van der Waals surface area contributed by atoms with Crippen LogP contribution < -0.4 is 10.2 Å². The first-order chi connectivity index (χ1) is 18.4. The minimum Gasteiger partial charge on any atom is -0.478 e. The Morgan fingerprint density at radius 2 is 1.62 bits per heavy atom. The number of aryl methyl sites for hydroxylation is 1. The van der Waals surface area contributed by atoms with Crippen LogP contribution in [-0.2, 0) is 4.79 Å². The van der Waals surface area contributed by atoms with Gasteiger partial charge in [0.1, 0.15) is 0 Å². The molecule has 3 N–H and O–H groups in total. The van der Waals surface area contributed by atoms with Crippen LogP contribution >= 0.6 is 15.9 Å². The molecule has 0 bridgehead atoms. The van der Waals surface area contributed by atoms with E-state index in [1.54, 1.807) is 36.4 Å². The lowest BCUT2D eigenvalue weighted by Crippen LogP contribution is -2.30. The zero-order chi connectivity index (χ0) is 28.7. The maximum Gasteiger partial charge on any atom is 0.490 e. The summed E-state index contributed by atoms with van der Waals surface area (Å²) in [4.78, 5) is 35.4. The number of alkyl halides is 3. The molecule has 0 aliphatic carbocycles. The van der Waals surface area contributed by atoms with Gasteiger partial charge in [0.05, 0.1) is 11.3 Å². The molecule has 0 radical (unpaired) electrons. The second kappa shape index (κ2) is 12.6. The fourth-order valence-electron chi connectivity index (χ4n) is 3.93. The van der Waals surface area contributed by atoms with Crippen molar-refractivity contribution in [3.05, 3.63) is 99.5 Å². The molecule has 1 aliphatic rings. The molecule has 1 amide bonds. The van der Waals surface area contributed by atoms with E-state index in [0.29, 0.717) is 23.5 Å². The number of benzene rings is 3. The number of halogens is 4. The number of aliphatic carboxylic acids is 1. The lowest BCUT2D eigenvalue weighted by Gasteiger charge is -2.30. The molecule has 204 valence electrons. The zero-order valence-corrected chi connectivity index (χ0v) is 22.2. The van der Waals surface area contributed by atoms with Crippen molar-refractivity contribution in [3.63, 3.8) is 0 Å². The van der Waals surface area contributed by atoms with Gasteiger partial charge < -0.3 is 20.4 Å². The molecule has 0 saturated carbocycles. The summed E-state index contributed by atoms with van der Waals surface area (Å²) in [6.45, 7) is 3.46. The fraction of sp³-hybridized carbons (Fsp3) is 0.179. The van der Waals surface area contributed by atoms with Gasteiger partial charge in [-0.25, -0.2) is 9.59 Å². The van der Waals surface area contributed by atoms with Gasteiger partial charge in [-0.3, -0.25) is 4.79 Å². The van der Waals surface area contributed by atoms with Crippen LogP contribution in [-0.4, -0.2) is 47.3 Å². The summed E-state index contributed by atoms with van der Waals surface area (Å²) in [5.74, 6) is -4.06. The van der Waals surface area contributed by atoms with E-state index in [9.17, 15) is 27.9 Å². The zero-order valence-electron chi connectivity index (χ0n) is 20.6. The highest BCUT2D eigenvalue weighted by molar-refractivity contribution is 9.10. The predicted octanol–water partition coefficient (Wildman–Crippen LogP) is 6.64. The number of carboxylic acids is 2. The third kappa shape index (κ3) is 7.93. The van der Waals surface area contributed by atoms with Crippen LogP contribution in [0.4, 0.5) is 24.5 Å². The SMILES string of the molecule is Cc1ccccc1C1=CCN(c2ccc(NC(=O)c3ccc(Br)cc3)cc2C(=O)O)CC1.O=C(O)C(F)(F)F. The van der Waals surface area contributed by atoms with Crippen molar-refractivity contribution in [1.29, 1.82) is 0 Å². The van der Waals surface area contributed by atoms with Crippen LogP contribution in [0.3, 0.4) is 0 Å². The highest BCUT2D eigenvalue weighted by Crippen LogP contribution is 2.31. The highest BCUT2D eigenvalue weighted by atomic mass is 79.9. The second-order valence-corrected chi connectivity index (χ2v) is 9.46. The van der Waals surface area contributed by atoms with Gasteiger partial charge in [0.25, 0.3) is 5.91 Å². The standard InChI is InChI=1S/C26H23BrN2O3.C2HF3O2/c1-17-4-2-3-5-22(17)18-12-14-29(15-13-18)24-11-10-21(16-23(24)26(31)32)28-25(30)19-6-8-20(27)9-7-19;3-2(4,5)1(6)7/h2-12,16H,13-15H2,1H3,(H,28,30)(H,31,32);(H,6,7). The number of aromatic carboxylic acids is 1. The maximum atomic E-state index is 12.5. The Kier molecular flexibility index (Phi) is 9.52. The predicted molar refractivity (Wildman–Crippen MR) is 145 cm³/mol. The molecule has 0 aromatic heterocycles. The molecular formula is C28H24BrF3N2O5. The van der Waals surface area contributed by atoms with Crippen molar-refractivity contribution in [1.82, 2.24) is 0 Å². The fourth-order valence-corrected chi connectivity index (χ4v) is 4.20. The Morgan fingerprint density at radius 3 is 2.15 bits per heavy atom. The molecule has 0 spiro atoms. The molecule has 0 unspecified atom stereocenters. The third-order valence-electron chi connectivity index (χ3n) is 5.87. The van der Waals surface area contributed by atoms with Crippen LogP contribution in [0.2, 0.25) is 0 Å². The lowest BCUT2D eigenvalue weighted by atomic mass is 9.95. The van der Waals surface area contributed by atoms with Gasteiger partial charge in [-0.2, -0.15) is 13.2 Å². The van der Waals surface area contributed by atoms with Gasteiger partial charge in [-0.15, -0.1) is 0 Å². The number of anilines is 2. The Balaban J connectivity index is 0.000000532. The van der Waals surface area contributed by atoms with Gasteiger partial charge in [0.2, 0.25) is 0 Å². The van der Waals surface area contributed by atoms with E-state index in [4.69, 9.17) is 9.90 Å². The van der Waals surface area contributed by atoms with E-state index < -0.39 is 18.1 Å². The number of amides is 1.